The maximum Gasteiger partial charge on any atom is 0.408 e. The fourth-order valence-electron chi connectivity index (χ4n) is 2.61. The molecule has 0 aliphatic heterocycles. The monoisotopic (exact) mass is 402 g/mol. The summed E-state index contributed by atoms with van der Waals surface area (Å²) in [6, 6.07) is 6.78. The van der Waals surface area contributed by atoms with Crippen molar-refractivity contribution >= 4 is 29.1 Å². The van der Waals surface area contributed by atoms with E-state index >= 15 is 0 Å². The molecule has 0 spiro atoms. The molecule has 1 aromatic heterocycles. The normalized spacial score (nSPS) is 12.1. The largest absolute Gasteiger partial charge is 0.465 e. The maximum atomic E-state index is 12.2. The summed E-state index contributed by atoms with van der Waals surface area (Å²) in [5.74, 6) is -0.433. The Hall–Kier alpha value is -2.80. The lowest BCUT2D eigenvalue weighted by Gasteiger charge is -2.22. The number of anilines is 1. The fraction of sp³-hybridized carbons (Fsp3) is 0.333. The number of hydrogen-bond donors (Lipinski definition) is 2. The average Bonchev–Trinajstić information content (AvgIpc) is 3.08. The molecule has 0 fully saturated rings. The van der Waals surface area contributed by atoms with Crippen LogP contribution in [-0.4, -0.2) is 24.8 Å². The Balaban J connectivity index is 2.23. The molecule has 0 bridgehead atoms. The molecule has 0 saturated carbocycles. The number of thiophene rings is 1. The van der Waals surface area contributed by atoms with Crippen LogP contribution in [0.5, 0.6) is 0 Å². The number of carbonyl (C=O) groups excluding carboxylic acids is 2. The van der Waals surface area contributed by atoms with Crippen molar-refractivity contribution in [1.82, 2.24) is 5.32 Å². The molecule has 6 nitrogen and oxygen atoms in total. The molecule has 0 saturated heterocycles. The molecule has 1 amide bonds. The third kappa shape index (κ3) is 5.60. The van der Waals surface area contributed by atoms with Gasteiger partial charge in [0, 0.05) is 16.1 Å². The number of alkyl carbamates (subject to hydrolysis) is 1. The summed E-state index contributed by atoms with van der Waals surface area (Å²) in [6.07, 6.45) is 1.84. The van der Waals surface area contributed by atoms with E-state index in [0.29, 0.717) is 17.7 Å². The second-order valence-electron chi connectivity index (χ2n) is 7.25. The van der Waals surface area contributed by atoms with Crippen molar-refractivity contribution in [2.45, 2.75) is 38.8 Å². The molecule has 1 atom stereocenters. The first-order valence-corrected chi connectivity index (χ1v) is 9.69. The van der Waals surface area contributed by atoms with Gasteiger partial charge < -0.3 is 20.5 Å². The smallest absolute Gasteiger partial charge is 0.408 e. The van der Waals surface area contributed by atoms with Crippen LogP contribution in [0.1, 0.15) is 48.5 Å². The van der Waals surface area contributed by atoms with E-state index in [-0.39, 0.29) is 6.04 Å². The Morgan fingerprint density at radius 3 is 2.61 bits per heavy atom. The van der Waals surface area contributed by atoms with E-state index < -0.39 is 17.7 Å². The first kappa shape index (κ1) is 21.5. The highest BCUT2D eigenvalue weighted by molar-refractivity contribution is 7.10. The lowest BCUT2D eigenvalue weighted by molar-refractivity contribution is 0.0504. The zero-order valence-corrected chi connectivity index (χ0v) is 17.4. The number of amides is 1. The molecule has 0 aliphatic rings. The lowest BCUT2D eigenvalue weighted by atomic mass is 10.0. The van der Waals surface area contributed by atoms with E-state index in [2.05, 4.69) is 11.9 Å². The molecule has 0 unspecified atom stereocenters. The van der Waals surface area contributed by atoms with Gasteiger partial charge in [-0.2, -0.15) is 0 Å². The Morgan fingerprint density at radius 2 is 2.04 bits per heavy atom. The van der Waals surface area contributed by atoms with Crippen LogP contribution >= 0.6 is 11.3 Å². The van der Waals surface area contributed by atoms with Gasteiger partial charge in [0.15, 0.2) is 0 Å². The summed E-state index contributed by atoms with van der Waals surface area (Å²) in [5.41, 5.74) is 8.16. The number of nitrogens with two attached hydrogens (primary N) is 1. The summed E-state index contributed by atoms with van der Waals surface area (Å²) >= 11 is 1.51. The molecule has 2 rings (SSSR count). The number of benzene rings is 1. The number of hydrogen-bond acceptors (Lipinski definition) is 6. The molecule has 150 valence electrons. The minimum absolute atomic E-state index is 0.248. The molecule has 1 aromatic carbocycles. The number of carbonyl (C=O) groups is 2. The Kier molecular flexibility index (Phi) is 6.85. The van der Waals surface area contributed by atoms with Gasteiger partial charge in [0.05, 0.1) is 18.7 Å². The topological polar surface area (TPSA) is 90.6 Å². The molecule has 7 heteroatoms. The number of ether oxygens (including phenoxy) is 2. The predicted molar refractivity (Wildman–Crippen MR) is 112 cm³/mol. The maximum absolute atomic E-state index is 12.2. The fourth-order valence-corrected chi connectivity index (χ4v) is 3.58. The van der Waals surface area contributed by atoms with Gasteiger partial charge in [-0.05, 0) is 56.3 Å². The van der Waals surface area contributed by atoms with Gasteiger partial charge in [-0.25, -0.2) is 9.59 Å². The van der Waals surface area contributed by atoms with Crippen LogP contribution in [0, 0.1) is 0 Å². The number of nitrogen functional groups attached to an aromatic ring is 1. The third-order valence-corrected chi connectivity index (χ3v) is 4.89. The highest BCUT2D eigenvalue weighted by Gasteiger charge is 2.21. The molecule has 1 heterocycles. The van der Waals surface area contributed by atoms with Crippen molar-refractivity contribution in [3.63, 3.8) is 0 Å². The van der Waals surface area contributed by atoms with Gasteiger partial charge in [-0.1, -0.05) is 12.1 Å². The van der Waals surface area contributed by atoms with Crippen LogP contribution in [0.4, 0.5) is 10.5 Å². The van der Waals surface area contributed by atoms with Gasteiger partial charge in [0.1, 0.15) is 5.60 Å². The molecule has 0 radical (unpaired) electrons. The van der Waals surface area contributed by atoms with Crippen LogP contribution in [0.25, 0.3) is 11.1 Å². The summed E-state index contributed by atoms with van der Waals surface area (Å²) in [4.78, 5) is 24.8. The quantitative estimate of drug-likeness (QED) is 0.406. The summed E-state index contributed by atoms with van der Waals surface area (Å²) in [5, 5.41) is 4.85. The first-order valence-electron chi connectivity index (χ1n) is 8.81. The van der Waals surface area contributed by atoms with Crippen LogP contribution < -0.4 is 11.1 Å². The van der Waals surface area contributed by atoms with Crippen LogP contribution in [0.2, 0.25) is 0 Å². The van der Waals surface area contributed by atoms with Crippen molar-refractivity contribution in [3.8, 4) is 11.1 Å². The van der Waals surface area contributed by atoms with E-state index in [1.54, 1.807) is 24.3 Å². The zero-order chi connectivity index (χ0) is 20.9. The van der Waals surface area contributed by atoms with Gasteiger partial charge in [0.2, 0.25) is 0 Å². The van der Waals surface area contributed by atoms with Crippen molar-refractivity contribution in [2.24, 2.45) is 0 Å². The van der Waals surface area contributed by atoms with Crippen LogP contribution in [-0.2, 0) is 9.47 Å². The minimum Gasteiger partial charge on any atom is -0.465 e. The SMILES string of the molecule is C=CC[C@H](NC(=O)OC(C)(C)C)c1cc(-c2ccc(C(=O)OC)cc2N)cs1. The number of esters is 1. The highest BCUT2D eigenvalue weighted by atomic mass is 32.1. The number of rotatable bonds is 6. The second-order valence-corrected chi connectivity index (χ2v) is 8.20. The number of nitrogens with one attached hydrogen (secondary N) is 1. The standard InChI is InChI=1S/C21H26N2O4S/c1-6-7-17(23-20(25)27-21(2,3)4)18-11-14(12-28-18)15-9-8-13(10-16(15)22)19(24)26-5/h6,8-12,17H,1,7,22H2,2-5H3,(H,23,25)/t17-/m0/s1. The van der Waals surface area contributed by atoms with Crippen molar-refractivity contribution in [1.29, 1.82) is 0 Å². The Morgan fingerprint density at radius 1 is 1.32 bits per heavy atom. The van der Waals surface area contributed by atoms with E-state index in [1.807, 2.05) is 32.2 Å². The van der Waals surface area contributed by atoms with Gasteiger partial charge in [-0.15, -0.1) is 17.9 Å². The van der Waals surface area contributed by atoms with Crippen molar-refractivity contribution < 1.29 is 19.1 Å². The van der Waals surface area contributed by atoms with Gasteiger partial charge >= 0.3 is 12.1 Å². The Bertz CT molecular complexity index is 868. The molecule has 28 heavy (non-hydrogen) atoms. The molecule has 2 aromatic rings. The van der Waals surface area contributed by atoms with Gasteiger partial charge in [-0.3, -0.25) is 0 Å². The zero-order valence-electron chi connectivity index (χ0n) is 16.6. The second kappa shape index (κ2) is 8.93. The van der Waals surface area contributed by atoms with Crippen LogP contribution in [0.3, 0.4) is 0 Å². The van der Waals surface area contributed by atoms with Crippen molar-refractivity contribution in [3.05, 3.63) is 52.7 Å². The van der Waals surface area contributed by atoms with E-state index in [4.69, 9.17) is 15.2 Å². The summed E-state index contributed by atoms with van der Waals surface area (Å²) in [7, 11) is 1.33. The molecule has 0 aliphatic carbocycles. The summed E-state index contributed by atoms with van der Waals surface area (Å²) in [6.45, 7) is 9.23. The highest BCUT2D eigenvalue weighted by Crippen LogP contribution is 2.34. The van der Waals surface area contributed by atoms with E-state index in [0.717, 1.165) is 16.0 Å². The predicted octanol–water partition coefficient (Wildman–Crippen LogP) is 4.93. The molecular weight excluding hydrogens is 376 g/mol. The average molecular weight is 403 g/mol. The lowest BCUT2D eigenvalue weighted by Crippen LogP contribution is -2.34. The number of methoxy groups -OCH3 is 1. The van der Waals surface area contributed by atoms with E-state index in [1.165, 1.54) is 18.4 Å². The molecular formula is C21H26N2O4S. The minimum atomic E-state index is -0.570. The third-order valence-electron chi connectivity index (χ3n) is 3.84. The van der Waals surface area contributed by atoms with E-state index in [9.17, 15) is 9.59 Å². The molecule has 3 N–H and O–H groups in total. The van der Waals surface area contributed by atoms with Crippen LogP contribution in [0.15, 0.2) is 42.3 Å². The summed E-state index contributed by atoms with van der Waals surface area (Å²) < 4.78 is 10.1. The van der Waals surface area contributed by atoms with Gasteiger partial charge in [0.25, 0.3) is 0 Å². The van der Waals surface area contributed by atoms with Crippen molar-refractivity contribution in [2.75, 3.05) is 12.8 Å². The Labute approximate surface area is 169 Å². The first-order chi connectivity index (χ1) is 13.1.